The first-order chi connectivity index (χ1) is 11.1. The summed E-state index contributed by atoms with van der Waals surface area (Å²) >= 11 is 3.25. The van der Waals surface area contributed by atoms with Gasteiger partial charge in [0.15, 0.2) is 4.34 Å². The highest BCUT2D eigenvalue weighted by molar-refractivity contribution is 8.00. The van der Waals surface area contributed by atoms with Gasteiger partial charge in [0.1, 0.15) is 5.82 Å². The summed E-state index contributed by atoms with van der Waals surface area (Å²) in [5.74, 6) is 2.01. The monoisotopic (exact) mass is 343 g/mol. The van der Waals surface area contributed by atoms with Gasteiger partial charge in [0.25, 0.3) is 5.56 Å². The molecule has 0 amide bonds. The first-order valence-corrected chi connectivity index (χ1v) is 8.88. The Bertz CT molecular complexity index is 1080. The average molecular weight is 343 g/mol. The molecule has 3 aromatic heterocycles. The number of para-hydroxylation sites is 1. The van der Waals surface area contributed by atoms with Crippen LogP contribution in [0, 0.1) is 6.92 Å². The Morgan fingerprint density at radius 1 is 1.26 bits per heavy atom. The molecular formula is C15H13N5OS2. The number of nitrogens with zero attached hydrogens (tertiary/aromatic N) is 5. The van der Waals surface area contributed by atoms with Gasteiger partial charge in [-0.2, -0.15) is 0 Å². The largest absolute Gasteiger partial charge is 0.279 e. The van der Waals surface area contributed by atoms with Crippen molar-refractivity contribution in [3.8, 4) is 0 Å². The predicted molar refractivity (Wildman–Crippen MR) is 92.1 cm³/mol. The van der Waals surface area contributed by atoms with Crippen molar-refractivity contribution in [3.63, 3.8) is 0 Å². The molecule has 0 N–H and O–H groups in total. The fourth-order valence-corrected chi connectivity index (χ4v) is 4.27. The first kappa shape index (κ1) is 14.4. The minimum atomic E-state index is -0.0600. The van der Waals surface area contributed by atoms with Gasteiger partial charge in [-0.15, -0.1) is 21.5 Å². The molecule has 0 atom stereocenters. The molecule has 1 aromatic carbocycles. The van der Waals surface area contributed by atoms with Crippen LogP contribution >= 0.6 is 23.1 Å². The lowest BCUT2D eigenvalue weighted by Gasteiger charge is -2.07. The maximum Gasteiger partial charge on any atom is 0.262 e. The molecule has 0 fully saturated rings. The Morgan fingerprint density at radius 3 is 2.87 bits per heavy atom. The van der Waals surface area contributed by atoms with Crippen LogP contribution in [0.25, 0.3) is 16.7 Å². The van der Waals surface area contributed by atoms with Gasteiger partial charge in [0.05, 0.1) is 16.7 Å². The molecule has 4 rings (SSSR count). The zero-order chi connectivity index (χ0) is 16.0. The van der Waals surface area contributed by atoms with E-state index in [-0.39, 0.29) is 5.56 Å². The summed E-state index contributed by atoms with van der Waals surface area (Å²) in [7, 11) is 1.72. The molecule has 8 heteroatoms. The number of benzene rings is 1. The fourth-order valence-electron chi connectivity index (χ4n) is 2.51. The summed E-state index contributed by atoms with van der Waals surface area (Å²) in [5.41, 5.74) is 1.80. The molecule has 0 spiro atoms. The number of hydrogen-bond acceptors (Lipinski definition) is 6. The van der Waals surface area contributed by atoms with Gasteiger partial charge in [-0.05, 0) is 19.1 Å². The highest BCUT2D eigenvalue weighted by atomic mass is 32.2. The molecule has 3 heterocycles. The van der Waals surface area contributed by atoms with Crippen molar-refractivity contribution < 1.29 is 0 Å². The van der Waals surface area contributed by atoms with Gasteiger partial charge < -0.3 is 0 Å². The predicted octanol–water partition coefficient (Wildman–Crippen LogP) is 2.64. The van der Waals surface area contributed by atoms with Gasteiger partial charge >= 0.3 is 0 Å². The summed E-state index contributed by atoms with van der Waals surface area (Å²) in [6.45, 7) is 1.98. The minimum absolute atomic E-state index is 0.0600. The molecule has 0 unspecified atom stereocenters. The second-order valence-corrected chi connectivity index (χ2v) is 7.26. The molecule has 0 saturated heterocycles. The van der Waals surface area contributed by atoms with Crippen LogP contribution < -0.4 is 5.56 Å². The van der Waals surface area contributed by atoms with E-state index in [2.05, 4.69) is 15.2 Å². The third-order valence-electron chi connectivity index (χ3n) is 3.62. The maximum atomic E-state index is 12.4. The molecule has 0 aliphatic carbocycles. The van der Waals surface area contributed by atoms with Crippen LogP contribution in [-0.2, 0) is 12.8 Å². The van der Waals surface area contributed by atoms with Gasteiger partial charge in [-0.25, -0.2) is 4.98 Å². The fraction of sp³-hybridized carbons (Fsp3) is 0.200. The number of thiazole rings is 1. The summed E-state index contributed by atoms with van der Waals surface area (Å²) < 4.78 is 4.50. The second-order valence-electron chi connectivity index (χ2n) is 5.18. The van der Waals surface area contributed by atoms with Crippen LogP contribution in [0.2, 0.25) is 0 Å². The van der Waals surface area contributed by atoms with E-state index in [0.717, 1.165) is 21.4 Å². The lowest BCUT2D eigenvalue weighted by molar-refractivity contribution is 0.858. The molecule has 0 aliphatic rings. The van der Waals surface area contributed by atoms with E-state index in [1.165, 1.54) is 4.57 Å². The second kappa shape index (κ2) is 5.47. The number of hydrogen-bond donors (Lipinski definition) is 0. The highest BCUT2D eigenvalue weighted by Gasteiger charge is 2.14. The van der Waals surface area contributed by atoms with E-state index in [1.54, 1.807) is 30.1 Å². The molecule has 0 aliphatic heterocycles. The normalized spacial score (nSPS) is 11.6. The third kappa shape index (κ3) is 2.34. The summed E-state index contributed by atoms with van der Waals surface area (Å²) in [6, 6.07) is 7.54. The van der Waals surface area contributed by atoms with Crippen molar-refractivity contribution in [3.05, 3.63) is 51.5 Å². The van der Waals surface area contributed by atoms with Gasteiger partial charge in [0.2, 0.25) is 5.78 Å². The molecule has 4 aromatic rings. The standard InChI is InChI=1S/C15H13N5OS2/c1-9-7-22-15(16-9)23-8-12-17-18-14-19(2)13(21)10-5-3-4-6-11(10)20(12)14/h3-7H,8H2,1-2H3. The SMILES string of the molecule is Cc1csc(SCc2nnc3n(C)c(=O)c4ccccc4n23)n1. The van der Waals surface area contributed by atoms with Crippen LogP contribution in [0.4, 0.5) is 0 Å². The van der Waals surface area contributed by atoms with Crippen molar-refractivity contribution in [2.24, 2.45) is 7.05 Å². The topological polar surface area (TPSA) is 65.1 Å². The highest BCUT2D eigenvalue weighted by Crippen LogP contribution is 2.26. The lowest BCUT2D eigenvalue weighted by atomic mass is 10.2. The Kier molecular flexibility index (Phi) is 3.42. The Morgan fingerprint density at radius 2 is 2.09 bits per heavy atom. The average Bonchev–Trinajstić information content (AvgIpc) is 3.17. The number of rotatable bonds is 3. The van der Waals surface area contributed by atoms with E-state index in [0.29, 0.717) is 16.9 Å². The number of aryl methyl sites for hydroxylation is 2. The summed E-state index contributed by atoms with van der Waals surface area (Å²) in [4.78, 5) is 16.9. The van der Waals surface area contributed by atoms with Gasteiger partial charge in [0, 0.05) is 18.1 Å². The van der Waals surface area contributed by atoms with Gasteiger partial charge in [-0.1, -0.05) is 23.9 Å². The molecule has 6 nitrogen and oxygen atoms in total. The maximum absolute atomic E-state index is 12.4. The Labute approximate surface area is 139 Å². The molecule has 0 radical (unpaired) electrons. The van der Waals surface area contributed by atoms with Crippen molar-refractivity contribution in [1.29, 1.82) is 0 Å². The van der Waals surface area contributed by atoms with Crippen LogP contribution in [0.5, 0.6) is 0 Å². The lowest BCUT2D eigenvalue weighted by Crippen LogP contribution is -2.20. The van der Waals surface area contributed by atoms with Crippen LogP contribution in [0.15, 0.2) is 38.8 Å². The molecule has 23 heavy (non-hydrogen) atoms. The molecule has 0 bridgehead atoms. The number of thioether (sulfide) groups is 1. The van der Waals surface area contributed by atoms with Crippen molar-refractivity contribution >= 4 is 39.8 Å². The molecule has 116 valence electrons. The zero-order valence-electron chi connectivity index (χ0n) is 12.6. The zero-order valence-corrected chi connectivity index (χ0v) is 14.2. The summed E-state index contributed by atoms with van der Waals surface area (Å²) in [5, 5.41) is 11.2. The van der Waals surface area contributed by atoms with Crippen molar-refractivity contribution in [2.75, 3.05) is 0 Å². The van der Waals surface area contributed by atoms with E-state index in [4.69, 9.17) is 0 Å². The van der Waals surface area contributed by atoms with Crippen molar-refractivity contribution in [1.82, 2.24) is 24.1 Å². The quantitative estimate of drug-likeness (QED) is 0.535. The van der Waals surface area contributed by atoms with E-state index in [9.17, 15) is 4.79 Å². The van der Waals surface area contributed by atoms with Crippen molar-refractivity contribution in [2.45, 2.75) is 17.0 Å². The van der Waals surface area contributed by atoms with E-state index >= 15 is 0 Å². The van der Waals surface area contributed by atoms with E-state index < -0.39 is 0 Å². The molecule has 0 saturated carbocycles. The van der Waals surface area contributed by atoms with Crippen LogP contribution in [-0.4, -0.2) is 24.1 Å². The van der Waals surface area contributed by atoms with E-state index in [1.807, 2.05) is 41.0 Å². The minimum Gasteiger partial charge on any atom is -0.279 e. The smallest absolute Gasteiger partial charge is 0.262 e. The number of aromatic nitrogens is 5. The van der Waals surface area contributed by atoms with Gasteiger partial charge in [-0.3, -0.25) is 13.8 Å². The van der Waals surface area contributed by atoms with Crippen LogP contribution in [0.1, 0.15) is 11.5 Å². The first-order valence-electron chi connectivity index (χ1n) is 7.02. The Hall–Kier alpha value is -2.19. The summed E-state index contributed by atoms with van der Waals surface area (Å²) in [6.07, 6.45) is 0. The molecular weight excluding hydrogens is 330 g/mol. The van der Waals surface area contributed by atoms with Crippen LogP contribution in [0.3, 0.4) is 0 Å². The Balaban J connectivity index is 1.86. The third-order valence-corrected chi connectivity index (χ3v) is 5.75. The number of fused-ring (bicyclic) bond motifs is 3.